The maximum absolute atomic E-state index is 12.0. The Morgan fingerprint density at radius 3 is 2.67 bits per heavy atom. The zero-order chi connectivity index (χ0) is 11.1. The Kier molecular flexibility index (Phi) is 2.47. The predicted molar refractivity (Wildman–Crippen MR) is 62.0 cm³/mol. The van der Waals surface area contributed by atoms with Gasteiger partial charge < -0.3 is 0 Å². The molecule has 0 atom stereocenters. The van der Waals surface area contributed by atoms with Crippen LogP contribution in [0.5, 0.6) is 0 Å². The van der Waals surface area contributed by atoms with Crippen LogP contribution in [0.3, 0.4) is 0 Å². The van der Waals surface area contributed by atoms with E-state index in [1.54, 1.807) is 30.5 Å². The van der Waals surface area contributed by atoms with Crippen LogP contribution in [0.25, 0.3) is 0 Å². The van der Waals surface area contributed by atoms with Crippen LogP contribution in [-0.4, -0.2) is 31.2 Å². The second-order valence-corrected chi connectivity index (χ2v) is 5.75. The molecule has 1 aliphatic heterocycles. The summed E-state index contributed by atoms with van der Waals surface area (Å²) in [6.07, 6.45) is 1.80. The first-order chi connectivity index (χ1) is 7.07. The number of hydrogen-bond acceptors (Lipinski definition) is 4. The number of benzene rings is 1. The number of aliphatic imine (C=N–C) groups is 1. The van der Waals surface area contributed by atoms with E-state index in [0.29, 0.717) is 10.9 Å². The smallest absolute Gasteiger partial charge is 0.247 e. The van der Waals surface area contributed by atoms with E-state index in [4.69, 9.17) is 0 Å². The average Bonchev–Trinajstić information content (AvgIpc) is 2.24. The Bertz CT molecular complexity index is 523. The largest absolute Gasteiger partial charge is 0.267 e. The summed E-state index contributed by atoms with van der Waals surface area (Å²) in [6.45, 7) is 0. The highest BCUT2D eigenvalue weighted by Crippen LogP contribution is 2.32. The number of hydrogen-bond donors (Lipinski definition) is 0. The number of sulfonamides is 1. The summed E-state index contributed by atoms with van der Waals surface area (Å²) in [6, 6.07) is 6.75. The predicted octanol–water partition coefficient (Wildman–Crippen LogP) is 1.67. The van der Waals surface area contributed by atoms with Gasteiger partial charge >= 0.3 is 0 Å². The van der Waals surface area contributed by atoms with Gasteiger partial charge in [0.2, 0.25) is 0 Å². The van der Waals surface area contributed by atoms with Gasteiger partial charge in [-0.2, -0.15) is 0 Å². The van der Waals surface area contributed by atoms with Crippen molar-refractivity contribution in [2.45, 2.75) is 4.90 Å². The summed E-state index contributed by atoms with van der Waals surface area (Å²) in [5.74, 6) is 0. The van der Waals surface area contributed by atoms with E-state index in [2.05, 4.69) is 4.99 Å². The molecular formula is C9H10N2O2S2. The minimum absolute atomic E-state index is 0.269. The molecule has 2 rings (SSSR count). The van der Waals surface area contributed by atoms with Crippen LogP contribution in [0.4, 0.5) is 5.69 Å². The zero-order valence-corrected chi connectivity index (χ0v) is 9.97. The SMILES string of the molecule is CSC1=Nc2ccccc2S(=O)(=O)N1C. The molecule has 0 N–H and O–H groups in total. The van der Waals surface area contributed by atoms with Crippen molar-refractivity contribution in [1.82, 2.24) is 4.31 Å². The molecule has 15 heavy (non-hydrogen) atoms. The summed E-state index contributed by atoms with van der Waals surface area (Å²) >= 11 is 1.32. The van der Waals surface area contributed by atoms with Gasteiger partial charge in [-0.3, -0.25) is 0 Å². The maximum atomic E-state index is 12.0. The topological polar surface area (TPSA) is 49.7 Å². The van der Waals surface area contributed by atoms with Gasteiger partial charge in [0.25, 0.3) is 10.0 Å². The van der Waals surface area contributed by atoms with Crippen LogP contribution in [0.1, 0.15) is 0 Å². The summed E-state index contributed by atoms with van der Waals surface area (Å²) in [7, 11) is -1.89. The van der Waals surface area contributed by atoms with E-state index in [0.717, 1.165) is 0 Å². The first-order valence-electron chi connectivity index (χ1n) is 4.28. The van der Waals surface area contributed by atoms with Crippen LogP contribution < -0.4 is 0 Å². The number of nitrogens with zero attached hydrogens (tertiary/aromatic N) is 2. The molecule has 4 nitrogen and oxygen atoms in total. The summed E-state index contributed by atoms with van der Waals surface area (Å²) < 4.78 is 25.2. The van der Waals surface area contributed by atoms with Crippen molar-refractivity contribution < 1.29 is 8.42 Å². The lowest BCUT2D eigenvalue weighted by Crippen LogP contribution is -2.33. The van der Waals surface area contributed by atoms with Crippen molar-refractivity contribution in [3.63, 3.8) is 0 Å². The number of rotatable bonds is 0. The van der Waals surface area contributed by atoms with Gasteiger partial charge in [0.05, 0.1) is 5.69 Å². The molecule has 0 saturated carbocycles. The average molecular weight is 242 g/mol. The molecule has 0 unspecified atom stereocenters. The van der Waals surface area contributed by atoms with E-state index >= 15 is 0 Å². The standard InChI is InChI=1S/C9H10N2O2S2/c1-11-9(14-2)10-7-5-3-4-6-8(7)15(11,12)13/h3-6H,1-2H3. The van der Waals surface area contributed by atoms with E-state index in [1.165, 1.54) is 23.1 Å². The summed E-state index contributed by atoms with van der Waals surface area (Å²) in [5.41, 5.74) is 0.514. The quantitative estimate of drug-likeness (QED) is 0.695. The van der Waals surface area contributed by atoms with Crippen molar-refractivity contribution in [1.29, 1.82) is 0 Å². The molecule has 1 aromatic carbocycles. The van der Waals surface area contributed by atoms with Gasteiger partial charge in [0, 0.05) is 7.05 Å². The summed E-state index contributed by atoms with van der Waals surface area (Å²) in [5, 5.41) is 0.494. The summed E-state index contributed by atoms with van der Waals surface area (Å²) in [4.78, 5) is 4.54. The Morgan fingerprint density at radius 2 is 2.00 bits per heavy atom. The monoisotopic (exact) mass is 242 g/mol. The van der Waals surface area contributed by atoms with Crippen molar-refractivity contribution >= 4 is 32.6 Å². The molecule has 0 aromatic heterocycles. The van der Waals surface area contributed by atoms with Gasteiger partial charge in [0.15, 0.2) is 5.17 Å². The number of amidine groups is 1. The maximum Gasteiger partial charge on any atom is 0.267 e. The molecule has 6 heteroatoms. The third-order valence-corrected chi connectivity index (χ3v) is 4.81. The minimum atomic E-state index is -3.40. The molecular weight excluding hydrogens is 232 g/mol. The van der Waals surface area contributed by atoms with Gasteiger partial charge in [-0.25, -0.2) is 17.7 Å². The van der Waals surface area contributed by atoms with E-state index in [9.17, 15) is 8.42 Å². The Hall–Kier alpha value is -1.01. The highest BCUT2D eigenvalue weighted by molar-refractivity contribution is 8.14. The molecule has 0 spiro atoms. The molecule has 1 aliphatic rings. The molecule has 80 valence electrons. The molecule has 1 aromatic rings. The van der Waals surface area contributed by atoms with Gasteiger partial charge in [0.1, 0.15) is 4.90 Å². The fourth-order valence-corrected chi connectivity index (χ4v) is 3.50. The number of fused-ring (bicyclic) bond motifs is 1. The van der Waals surface area contributed by atoms with Crippen LogP contribution in [0.2, 0.25) is 0 Å². The zero-order valence-electron chi connectivity index (χ0n) is 8.34. The van der Waals surface area contributed by atoms with E-state index in [1.807, 2.05) is 0 Å². The normalized spacial score (nSPS) is 18.3. The molecule has 0 fully saturated rings. The molecule has 0 amide bonds. The van der Waals surface area contributed by atoms with Crippen molar-refractivity contribution in [2.75, 3.05) is 13.3 Å². The Balaban J connectivity index is 2.73. The first kappa shape index (κ1) is 10.5. The molecule has 0 bridgehead atoms. The lowest BCUT2D eigenvalue weighted by Gasteiger charge is -2.24. The fourth-order valence-electron chi connectivity index (χ4n) is 1.37. The molecule has 0 radical (unpaired) electrons. The molecule has 1 heterocycles. The lowest BCUT2D eigenvalue weighted by molar-refractivity contribution is 0.552. The number of thioether (sulfide) groups is 1. The molecule has 0 aliphatic carbocycles. The van der Waals surface area contributed by atoms with Crippen molar-refractivity contribution in [3.05, 3.63) is 24.3 Å². The fraction of sp³-hybridized carbons (Fsp3) is 0.222. The number of para-hydroxylation sites is 1. The molecule has 0 saturated heterocycles. The highest BCUT2D eigenvalue weighted by atomic mass is 32.2. The van der Waals surface area contributed by atoms with Crippen LogP contribution in [-0.2, 0) is 10.0 Å². The minimum Gasteiger partial charge on any atom is -0.247 e. The Labute approximate surface area is 93.1 Å². The van der Waals surface area contributed by atoms with Crippen LogP contribution in [0, 0.1) is 0 Å². The third kappa shape index (κ3) is 1.53. The van der Waals surface area contributed by atoms with Gasteiger partial charge in [-0.1, -0.05) is 23.9 Å². The van der Waals surface area contributed by atoms with Crippen LogP contribution >= 0.6 is 11.8 Å². The van der Waals surface area contributed by atoms with Crippen molar-refractivity contribution in [3.8, 4) is 0 Å². The van der Waals surface area contributed by atoms with Crippen molar-refractivity contribution in [2.24, 2.45) is 4.99 Å². The van der Waals surface area contributed by atoms with E-state index < -0.39 is 10.0 Å². The lowest BCUT2D eigenvalue weighted by atomic mass is 10.3. The second-order valence-electron chi connectivity index (χ2n) is 3.04. The third-order valence-electron chi connectivity index (χ3n) is 2.17. The van der Waals surface area contributed by atoms with Gasteiger partial charge in [-0.15, -0.1) is 0 Å². The van der Waals surface area contributed by atoms with Gasteiger partial charge in [-0.05, 0) is 18.4 Å². The van der Waals surface area contributed by atoms with Crippen LogP contribution in [0.15, 0.2) is 34.2 Å². The van der Waals surface area contributed by atoms with E-state index in [-0.39, 0.29) is 4.90 Å². The second kappa shape index (κ2) is 3.53. The highest BCUT2D eigenvalue weighted by Gasteiger charge is 2.30. The Morgan fingerprint density at radius 1 is 1.33 bits per heavy atom. The first-order valence-corrected chi connectivity index (χ1v) is 6.94.